The Bertz CT molecular complexity index is 1360. The Morgan fingerprint density at radius 2 is 1.71 bits per heavy atom. The van der Waals surface area contributed by atoms with Crippen LogP contribution in [0.4, 0.5) is 13.2 Å². The Balaban J connectivity index is 1.45. The van der Waals surface area contributed by atoms with E-state index in [1.807, 2.05) is 29.2 Å². The molecule has 2 amide bonds. The second-order valence-corrected chi connectivity index (χ2v) is 13.3. The van der Waals surface area contributed by atoms with Gasteiger partial charge in [0, 0.05) is 55.3 Å². The minimum Gasteiger partial charge on any atom is -0.755 e. The Labute approximate surface area is 264 Å². The van der Waals surface area contributed by atoms with E-state index >= 15 is 0 Å². The highest BCUT2D eigenvalue weighted by atomic mass is 32.2. The van der Waals surface area contributed by atoms with E-state index in [1.165, 1.54) is 6.07 Å². The highest BCUT2D eigenvalue weighted by Gasteiger charge is 2.44. The number of amides is 2. The zero-order valence-corrected chi connectivity index (χ0v) is 26.8. The van der Waals surface area contributed by atoms with Crippen LogP contribution in [0, 0.1) is 5.92 Å². The molecule has 2 heterocycles. The van der Waals surface area contributed by atoms with Crippen LogP contribution in [0.3, 0.4) is 0 Å². The maximum Gasteiger partial charge on any atom is 0.416 e. The van der Waals surface area contributed by atoms with Crippen molar-refractivity contribution >= 4 is 23.1 Å². The molecule has 2 aliphatic heterocycles. The maximum atomic E-state index is 14.0. The van der Waals surface area contributed by atoms with Gasteiger partial charge in [-0.25, -0.2) is 0 Å². The molecule has 0 aromatic heterocycles. The molecule has 1 unspecified atom stereocenters. The van der Waals surface area contributed by atoms with Gasteiger partial charge in [0.05, 0.1) is 25.2 Å². The van der Waals surface area contributed by atoms with Crippen LogP contribution in [-0.2, 0) is 27.0 Å². The van der Waals surface area contributed by atoms with E-state index in [4.69, 9.17) is 9.47 Å². The molecule has 2 aromatic carbocycles. The molecule has 2 aliphatic rings. The number of methoxy groups -OCH3 is 1. The van der Waals surface area contributed by atoms with E-state index in [0.29, 0.717) is 38.0 Å². The van der Waals surface area contributed by atoms with Crippen LogP contribution in [0.25, 0.3) is 0 Å². The summed E-state index contributed by atoms with van der Waals surface area (Å²) in [4.78, 5) is 29.8. The van der Waals surface area contributed by atoms with E-state index in [9.17, 15) is 31.5 Å². The first-order chi connectivity index (χ1) is 21.2. The highest BCUT2D eigenvalue weighted by Crippen LogP contribution is 2.41. The largest absolute Gasteiger partial charge is 0.755 e. The van der Waals surface area contributed by atoms with E-state index in [-0.39, 0.29) is 54.4 Å². The summed E-state index contributed by atoms with van der Waals surface area (Å²) in [5.74, 6) is -0.134. The predicted molar refractivity (Wildman–Crippen MR) is 162 cm³/mol. The molecule has 9 nitrogen and oxygen atoms in total. The number of ether oxygens (including phenoxy) is 2. The minimum absolute atomic E-state index is 0.0194. The van der Waals surface area contributed by atoms with Gasteiger partial charge in [0.15, 0.2) is 0 Å². The number of likely N-dealkylation sites (tertiary alicyclic amines) is 2. The topological polar surface area (TPSA) is 111 Å². The van der Waals surface area contributed by atoms with Gasteiger partial charge in [-0.15, -0.1) is 0 Å². The molecule has 0 spiro atoms. The van der Waals surface area contributed by atoms with Crippen molar-refractivity contribution in [3.8, 4) is 11.5 Å². The number of nitrogens with one attached hydrogen (secondary N) is 1. The zero-order valence-electron chi connectivity index (χ0n) is 26.0. The summed E-state index contributed by atoms with van der Waals surface area (Å²) < 4.78 is 74.6. The summed E-state index contributed by atoms with van der Waals surface area (Å²) >= 11 is -2.73. The van der Waals surface area contributed by atoms with Gasteiger partial charge >= 0.3 is 6.18 Å². The highest BCUT2D eigenvalue weighted by molar-refractivity contribution is 7.77. The fraction of sp³-hybridized carbons (Fsp3) is 0.562. The first-order valence-corrected chi connectivity index (χ1v) is 16.2. The van der Waals surface area contributed by atoms with E-state index in [2.05, 4.69) is 25.7 Å². The van der Waals surface area contributed by atoms with Gasteiger partial charge in [-0.05, 0) is 81.3 Å². The third-order valence-electron chi connectivity index (χ3n) is 8.72. The maximum absolute atomic E-state index is 14.0. The van der Waals surface area contributed by atoms with Gasteiger partial charge in [0.25, 0.3) is 0 Å². The normalized spacial score (nSPS) is 20.6. The summed E-state index contributed by atoms with van der Waals surface area (Å²) in [7, 11) is 1.62. The van der Waals surface area contributed by atoms with Crippen molar-refractivity contribution in [2.24, 2.45) is 5.92 Å². The van der Waals surface area contributed by atoms with Crippen molar-refractivity contribution in [1.29, 1.82) is 0 Å². The van der Waals surface area contributed by atoms with E-state index in [1.54, 1.807) is 11.8 Å². The van der Waals surface area contributed by atoms with Crippen LogP contribution in [0.1, 0.15) is 75.0 Å². The summed E-state index contributed by atoms with van der Waals surface area (Å²) in [5, 5.41) is 0. The molecule has 2 aromatic rings. The second-order valence-electron chi connectivity index (χ2n) is 12.6. The monoisotopic (exact) mass is 652 g/mol. The molecule has 2 saturated heterocycles. The number of piperidine rings is 1. The third-order valence-corrected chi connectivity index (χ3v) is 9.11. The number of halogens is 3. The van der Waals surface area contributed by atoms with Gasteiger partial charge in [0.2, 0.25) is 11.8 Å². The number of hydrogen-bond donors (Lipinski definition) is 1. The summed E-state index contributed by atoms with van der Waals surface area (Å²) in [5.41, 5.74) is 0.754. The van der Waals surface area contributed by atoms with Crippen molar-refractivity contribution in [2.75, 3.05) is 39.9 Å². The minimum atomic E-state index is -4.56. The summed E-state index contributed by atoms with van der Waals surface area (Å²) in [6, 6.07) is 11.3. The first kappa shape index (κ1) is 34.7. The van der Waals surface area contributed by atoms with Crippen molar-refractivity contribution in [3.05, 3.63) is 59.2 Å². The zero-order chi connectivity index (χ0) is 32.9. The lowest BCUT2D eigenvalue weighted by Crippen LogP contribution is -2.44. The second kappa shape index (κ2) is 14.5. The van der Waals surface area contributed by atoms with Gasteiger partial charge < -0.3 is 18.9 Å². The van der Waals surface area contributed by atoms with Crippen LogP contribution in [0.2, 0.25) is 0 Å². The molecule has 0 radical (unpaired) electrons. The Morgan fingerprint density at radius 1 is 1.04 bits per heavy atom. The number of hydrogen-bond acceptors (Lipinski definition) is 7. The average Bonchev–Trinajstić information content (AvgIpc) is 3.45. The van der Waals surface area contributed by atoms with Crippen LogP contribution in [-0.4, -0.2) is 75.8 Å². The number of nitrogens with zero attached hydrogens (tertiary/aromatic N) is 2. The molecule has 0 bridgehead atoms. The predicted octanol–water partition coefficient (Wildman–Crippen LogP) is 5.00. The molecule has 248 valence electrons. The molecule has 4 rings (SSSR count). The van der Waals surface area contributed by atoms with Crippen molar-refractivity contribution in [2.45, 2.75) is 70.0 Å². The average molecular weight is 653 g/mol. The van der Waals surface area contributed by atoms with Gasteiger partial charge in [-0.2, -0.15) is 13.2 Å². The van der Waals surface area contributed by atoms with Gasteiger partial charge in [-0.1, -0.05) is 18.2 Å². The Kier molecular flexibility index (Phi) is 11.2. The Hall–Kier alpha value is -3.16. The van der Waals surface area contributed by atoms with Crippen LogP contribution >= 0.6 is 0 Å². The van der Waals surface area contributed by atoms with Crippen LogP contribution in [0.5, 0.6) is 11.5 Å². The lowest BCUT2D eigenvalue weighted by atomic mass is 9.85. The van der Waals surface area contributed by atoms with Gasteiger partial charge in [0.1, 0.15) is 11.5 Å². The summed E-state index contributed by atoms with van der Waals surface area (Å²) in [6.45, 7) is 8.69. The van der Waals surface area contributed by atoms with E-state index < -0.39 is 28.9 Å². The fourth-order valence-corrected chi connectivity index (χ4v) is 6.46. The molecular formula is C32H41F3N3O6S-. The molecule has 1 N–H and O–H groups in total. The Morgan fingerprint density at radius 3 is 2.29 bits per heavy atom. The van der Waals surface area contributed by atoms with Crippen molar-refractivity contribution < 1.29 is 41.0 Å². The lowest BCUT2D eigenvalue weighted by molar-refractivity contribution is -0.138. The number of carbonyl (C=O) groups is 2. The molecule has 0 saturated carbocycles. The standard InChI is InChI=1S/C32H42F3N3O6S/c1-31(2,3)38-19-26(21-7-10-24(43-4)11-8-21)27(20-38)30(40)37-15-13-22(14-16-37)25-12-9-23(32(33,34)35)18-28(25)44-17-5-6-29(39)36-45(41)42/h7-12,18,22,26-27H,5-6,13-17,19-20H2,1-4H3,(H,36,39)(H,41,42)/p-1/t26-,27+/m0/s1. The number of rotatable bonds is 10. The molecular weight excluding hydrogens is 611 g/mol. The third kappa shape index (κ3) is 8.98. The van der Waals surface area contributed by atoms with Gasteiger partial charge in [-0.3, -0.25) is 23.4 Å². The van der Waals surface area contributed by atoms with Crippen LogP contribution in [0.15, 0.2) is 42.5 Å². The SMILES string of the molecule is COc1ccc([C@@H]2CN(C(C)(C)C)C[C@H]2C(=O)N2CCC(c3ccc(C(F)(F)F)cc3OCCCC(=O)NS(=O)[O-])CC2)cc1. The molecule has 2 fully saturated rings. The number of alkyl halides is 3. The summed E-state index contributed by atoms with van der Waals surface area (Å²) in [6.07, 6.45) is -3.47. The first-order valence-electron chi connectivity index (χ1n) is 15.1. The van der Waals surface area contributed by atoms with E-state index in [0.717, 1.165) is 30.0 Å². The molecule has 13 heteroatoms. The lowest BCUT2D eigenvalue weighted by Gasteiger charge is -2.35. The van der Waals surface area contributed by atoms with Crippen LogP contribution < -0.4 is 14.2 Å². The quantitative estimate of drug-likeness (QED) is 0.284. The van der Waals surface area contributed by atoms with Crippen molar-refractivity contribution in [1.82, 2.24) is 14.5 Å². The molecule has 3 atom stereocenters. The smallest absolute Gasteiger partial charge is 0.416 e. The fourth-order valence-electron chi connectivity index (χ4n) is 6.17. The molecule has 45 heavy (non-hydrogen) atoms. The van der Waals surface area contributed by atoms with Crippen molar-refractivity contribution in [3.63, 3.8) is 0 Å². The number of carbonyl (C=O) groups excluding carboxylic acids is 2. The number of benzene rings is 2. The molecule has 0 aliphatic carbocycles.